The number of hydrogen-bond acceptors (Lipinski definition) is 3. The molecule has 5 heteroatoms. The number of carbonyl (C=O) groups excluding carboxylic acids is 1. The molecule has 0 spiro atoms. The summed E-state index contributed by atoms with van der Waals surface area (Å²) in [5.41, 5.74) is 1.30. The minimum absolute atomic E-state index is 0.123. The molecule has 1 N–H and O–H groups in total. The molecular formula is C18H25NO4. The molecule has 0 bridgehead atoms. The van der Waals surface area contributed by atoms with Gasteiger partial charge in [-0.05, 0) is 30.7 Å². The van der Waals surface area contributed by atoms with Gasteiger partial charge in [-0.2, -0.15) is 0 Å². The highest BCUT2D eigenvalue weighted by Crippen LogP contribution is 2.27. The van der Waals surface area contributed by atoms with E-state index in [9.17, 15) is 14.7 Å². The predicted molar refractivity (Wildman–Crippen MR) is 87.2 cm³/mol. The molecule has 1 aliphatic rings. The van der Waals surface area contributed by atoms with Gasteiger partial charge in [-0.25, -0.2) is 9.59 Å². The Balaban J connectivity index is 1.77. The van der Waals surface area contributed by atoms with Gasteiger partial charge >= 0.3 is 12.1 Å². The number of nitrogens with zero attached hydrogens (tertiary/aromatic N) is 1. The highest BCUT2D eigenvalue weighted by atomic mass is 16.6. The second-order valence-corrected chi connectivity index (χ2v) is 6.36. The molecule has 1 aromatic rings. The zero-order valence-corrected chi connectivity index (χ0v) is 13.8. The van der Waals surface area contributed by atoms with Crippen molar-refractivity contribution < 1.29 is 19.4 Å². The van der Waals surface area contributed by atoms with Gasteiger partial charge in [0.05, 0.1) is 0 Å². The number of hydrogen-bond donors (Lipinski definition) is 1. The quantitative estimate of drug-likeness (QED) is 0.589. The molecule has 0 aromatic heterocycles. The van der Waals surface area contributed by atoms with Gasteiger partial charge in [-0.3, -0.25) is 4.90 Å². The summed E-state index contributed by atoms with van der Waals surface area (Å²) in [6, 6.07) is 9.60. The molecule has 126 valence electrons. The van der Waals surface area contributed by atoms with Crippen molar-refractivity contribution in [3.05, 3.63) is 35.9 Å². The van der Waals surface area contributed by atoms with Crippen molar-refractivity contribution in [3.63, 3.8) is 0 Å². The van der Waals surface area contributed by atoms with Crippen LogP contribution in [-0.4, -0.2) is 40.8 Å². The van der Waals surface area contributed by atoms with E-state index >= 15 is 0 Å². The summed E-state index contributed by atoms with van der Waals surface area (Å²) in [5, 5.41) is 9.38. The first-order chi connectivity index (χ1) is 11.0. The summed E-state index contributed by atoms with van der Waals surface area (Å²) in [6.45, 7) is 4.25. The Morgan fingerprint density at radius 2 is 1.91 bits per heavy atom. The van der Waals surface area contributed by atoms with Crippen LogP contribution in [0.1, 0.15) is 38.7 Å². The fourth-order valence-electron chi connectivity index (χ4n) is 2.92. The zero-order chi connectivity index (χ0) is 16.8. The maximum absolute atomic E-state index is 11.6. The number of rotatable bonds is 8. The monoisotopic (exact) mass is 319 g/mol. The van der Waals surface area contributed by atoms with Crippen LogP contribution >= 0.6 is 0 Å². The minimum atomic E-state index is -1.04. The Kier molecular flexibility index (Phi) is 6.02. The number of cyclic esters (lactones) is 1. The van der Waals surface area contributed by atoms with Crippen LogP contribution in [0.5, 0.6) is 0 Å². The first-order valence-corrected chi connectivity index (χ1v) is 8.24. The fourth-order valence-corrected chi connectivity index (χ4v) is 2.92. The van der Waals surface area contributed by atoms with E-state index in [-0.39, 0.29) is 12.0 Å². The number of benzene rings is 1. The molecule has 0 radical (unpaired) electrons. The Hall–Kier alpha value is -2.04. The van der Waals surface area contributed by atoms with Gasteiger partial charge in [-0.15, -0.1) is 0 Å². The van der Waals surface area contributed by atoms with E-state index in [0.717, 1.165) is 25.7 Å². The van der Waals surface area contributed by atoms with Crippen molar-refractivity contribution in [3.8, 4) is 0 Å². The number of amides is 1. The Morgan fingerprint density at radius 3 is 2.48 bits per heavy atom. The summed E-state index contributed by atoms with van der Waals surface area (Å²) >= 11 is 0. The topological polar surface area (TPSA) is 66.8 Å². The average molecular weight is 319 g/mol. The number of unbranched alkanes of at least 4 members (excludes halogenated alkanes) is 2. The molecule has 1 heterocycles. The third-order valence-corrected chi connectivity index (χ3v) is 4.25. The van der Waals surface area contributed by atoms with Gasteiger partial charge in [-0.1, -0.05) is 50.6 Å². The van der Waals surface area contributed by atoms with Gasteiger partial charge in [0, 0.05) is 6.54 Å². The molecule has 5 nitrogen and oxygen atoms in total. The van der Waals surface area contributed by atoms with E-state index in [1.54, 1.807) is 0 Å². The van der Waals surface area contributed by atoms with E-state index in [2.05, 4.69) is 12.1 Å². The lowest BCUT2D eigenvalue weighted by molar-refractivity contribution is -0.191. The maximum atomic E-state index is 11.6. The van der Waals surface area contributed by atoms with E-state index in [1.165, 1.54) is 10.5 Å². The maximum Gasteiger partial charge on any atom is 0.408 e. The molecule has 1 saturated heterocycles. The van der Waals surface area contributed by atoms with Crippen LogP contribution in [0.4, 0.5) is 4.79 Å². The molecule has 2 rings (SSSR count). The Bertz CT molecular complexity index is 529. The van der Waals surface area contributed by atoms with Gasteiger partial charge in [0.2, 0.25) is 0 Å². The summed E-state index contributed by atoms with van der Waals surface area (Å²) in [5.74, 6) is -0.298. The van der Waals surface area contributed by atoms with Crippen molar-refractivity contribution in [1.82, 2.24) is 4.90 Å². The van der Waals surface area contributed by atoms with Gasteiger partial charge in [0.15, 0.2) is 6.04 Å². The Labute approximate surface area is 137 Å². The lowest BCUT2D eigenvalue weighted by Crippen LogP contribution is -2.63. The summed E-state index contributed by atoms with van der Waals surface area (Å²) in [6.07, 6.45) is 2.35. The van der Waals surface area contributed by atoms with Crippen LogP contribution in [0.3, 0.4) is 0 Å². The van der Waals surface area contributed by atoms with E-state index < -0.39 is 18.1 Å². The van der Waals surface area contributed by atoms with Gasteiger partial charge in [0.25, 0.3) is 0 Å². The molecule has 1 fully saturated rings. The van der Waals surface area contributed by atoms with Gasteiger partial charge in [0.1, 0.15) is 6.10 Å². The number of aryl methyl sites for hydroxylation is 1. The summed E-state index contributed by atoms with van der Waals surface area (Å²) < 4.78 is 5.09. The molecule has 0 unspecified atom stereocenters. The van der Waals surface area contributed by atoms with Crippen LogP contribution in [0, 0.1) is 5.92 Å². The van der Waals surface area contributed by atoms with E-state index in [0.29, 0.717) is 6.54 Å². The zero-order valence-electron chi connectivity index (χ0n) is 13.8. The number of carbonyl (C=O) groups is 2. The Morgan fingerprint density at radius 1 is 1.22 bits per heavy atom. The second kappa shape index (κ2) is 7.99. The highest BCUT2D eigenvalue weighted by Gasteiger charge is 2.49. The van der Waals surface area contributed by atoms with Crippen molar-refractivity contribution in [2.45, 2.75) is 51.7 Å². The van der Waals surface area contributed by atoms with Crippen molar-refractivity contribution in [2.24, 2.45) is 5.92 Å². The molecule has 0 aliphatic carbocycles. The van der Waals surface area contributed by atoms with Crippen LogP contribution in [-0.2, 0) is 16.0 Å². The molecule has 1 aliphatic heterocycles. The van der Waals surface area contributed by atoms with Crippen molar-refractivity contribution in [1.29, 1.82) is 0 Å². The van der Waals surface area contributed by atoms with Gasteiger partial charge < -0.3 is 9.84 Å². The largest absolute Gasteiger partial charge is 0.465 e. The fraction of sp³-hybridized carbons (Fsp3) is 0.556. The first-order valence-electron chi connectivity index (χ1n) is 8.24. The smallest absolute Gasteiger partial charge is 0.408 e. The van der Waals surface area contributed by atoms with Crippen molar-refractivity contribution >= 4 is 12.1 Å². The summed E-state index contributed by atoms with van der Waals surface area (Å²) in [4.78, 5) is 24.3. The normalized spacial score (nSPS) is 20.0. The minimum Gasteiger partial charge on any atom is -0.465 e. The van der Waals surface area contributed by atoms with E-state index in [1.807, 2.05) is 32.0 Å². The number of carboxylic acid groups (broad SMARTS) is 1. The predicted octanol–water partition coefficient (Wildman–Crippen LogP) is 3.33. The third kappa shape index (κ3) is 4.47. The molecular weight excluding hydrogens is 294 g/mol. The average Bonchev–Trinajstić information content (AvgIpc) is 2.51. The highest BCUT2D eigenvalue weighted by molar-refractivity contribution is 5.86. The first kappa shape index (κ1) is 17.3. The standard InChI is InChI=1S/C18H25NO4/c1-13(2)16-15(17(20)23-16)19(18(21)22)12-8-4-7-11-14-9-5-3-6-10-14/h3,5-6,9-10,13,15-16H,4,7-8,11-12H2,1-2H3,(H,21,22)/t15-,16-/m1/s1. The SMILES string of the molecule is CC(C)[C@H]1OC(=O)[C@@H]1N(CCCCCc1ccccc1)C(=O)O. The van der Waals surface area contributed by atoms with Crippen LogP contribution in [0.15, 0.2) is 30.3 Å². The number of esters is 1. The lowest BCUT2D eigenvalue weighted by atomic mass is 9.93. The lowest BCUT2D eigenvalue weighted by Gasteiger charge is -2.42. The molecule has 1 aromatic carbocycles. The molecule has 2 atom stereocenters. The van der Waals surface area contributed by atoms with Crippen molar-refractivity contribution in [2.75, 3.05) is 6.54 Å². The van der Waals surface area contributed by atoms with Crippen LogP contribution in [0.25, 0.3) is 0 Å². The molecule has 23 heavy (non-hydrogen) atoms. The van der Waals surface area contributed by atoms with Crippen LogP contribution < -0.4 is 0 Å². The number of ether oxygens (including phenoxy) is 1. The third-order valence-electron chi connectivity index (χ3n) is 4.25. The van der Waals surface area contributed by atoms with E-state index in [4.69, 9.17) is 4.74 Å². The molecule has 1 amide bonds. The van der Waals surface area contributed by atoms with Crippen LogP contribution in [0.2, 0.25) is 0 Å². The summed E-state index contributed by atoms with van der Waals surface area (Å²) in [7, 11) is 0. The molecule has 0 saturated carbocycles. The second-order valence-electron chi connectivity index (χ2n) is 6.36.